The van der Waals surface area contributed by atoms with Crippen LogP contribution in [0.2, 0.25) is 0 Å². The van der Waals surface area contributed by atoms with E-state index in [0.29, 0.717) is 0 Å². The van der Waals surface area contributed by atoms with Crippen molar-refractivity contribution in [3.63, 3.8) is 0 Å². The zero-order valence-corrected chi connectivity index (χ0v) is 30.6. The summed E-state index contributed by atoms with van der Waals surface area (Å²) in [5.74, 6) is 1.12. The van der Waals surface area contributed by atoms with Gasteiger partial charge in [0.25, 0.3) is 0 Å². The normalized spacial score (nSPS) is 16.9. The summed E-state index contributed by atoms with van der Waals surface area (Å²) in [5, 5.41) is 3.41. The Morgan fingerprint density at radius 1 is 0.568 bits per heavy atom. The molecule has 1 fully saturated rings. The number of aryl methyl sites for hydroxylation is 4. The molecular formula is C24H21Br7N6. The lowest BCUT2D eigenvalue weighted by Gasteiger charge is -2.29. The van der Waals surface area contributed by atoms with Crippen molar-refractivity contribution in [3.8, 4) is 0 Å². The number of anilines is 1. The van der Waals surface area contributed by atoms with Crippen LogP contribution < -0.4 is 10.2 Å². The van der Waals surface area contributed by atoms with Crippen molar-refractivity contribution in [1.82, 2.24) is 24.4 Å². The third-order valence-corrected chi connectivity index (χ3v) is 14.8. The Balaban J connectivity index is 0.000000141. The topological polar surface area (TPSA) is 50.9 Å². The van der Waals surface area contributed by atoms with Crippen molar-refractivity contribution in [1.29, 1.82) is 0 Å². The standard InChI is InChI=1S/C14H15Br3N4.C10H6Br4N2/c15-9-8-2-1-5-21-13(8)12(11(17)10(9)16)19-14(21)20-6-3-18-4-7-20;11-5-4-2-1-3-16-9(4)8(15-10(16)14)7(13)6(5)12/h18H,1-7H2;1-3H2. The minimum Gasteiger partial charge on any atom is -0.340 e. The molecule has 7 rings (SSSR count). The Labute approximate surface area is 273 Å². The van der Waals surface area contributed by atoms with E-state index < -0.39 is 0 Å². The number of hydrogen-bond acceptors (Lipinski definition) is 4. The number of imidazole rings is 2. The Hall–Kier alpha value is 0.500. The van der Waals surface area contributed by atoms with Crippen molar-refractivity contribution < 1.29 is 0 Å². The molecule has 2 aromatic heterocycles. The smallest absolute Gasteiger partial charge is 0.206 e. The van der Waals surface area contributed by atoms with Crippen molar-refractivity contribution in [2.45, 2.75) is 38.8 Å². The Morgan fingerprint density at radius 3 is 1.68 bits per heavy atom. The number of benzene rings is 2. The summed E-state index contributed by atoms with van der Waals surface area (Å²) in [6.07, 6.45) is 4.53. The molecule has 0 amide bonds. The number of hydrogen-bond donors (Lipinski definition) is 1. The highest BCUT2D eigenvalue weighted by Gasteiger charge is 2.27. The van der Waals surface area contributed by atoms with Crippen LogP contribution >= 0.6 is 112 Å². The maximum absolute atomic E-state index is 4.97. The van der Waals surface area contributed by atoms with E-state index in [1.54, 1.807) is 0 Å². The van der Waals surface area contributed by atoms with Crippen molar-refractivity contribution in [3.05, 3.63) is 42.7 Å². The predicted molar refractivity (Wildman–Crippen MR) is 175 cm³/mol. The minimum absolute atomic E-state index is 0.911. The van der Waals surface area contributed by atoms with Gasteiger partial charge in [0.2, 0.25) is 5.95 Å². The average molecular weight is 953 g/mol. The number of rotatable bonds is 1. The van der Waals surface area contributed by atoms with E-state index in [4.69, 9.17) is 4.98 Å². The summed E-state index contributed by atoms with van der Waals surface area (Å²) in [7, 11) is 0. The largest absolute Gasteiger partial charge is 0.340 e. The fraction of sp³-hybridized carbons (Fsp3) is 0.417. The second-order valence-corrected chi connectivity index (χ2v) is 14.7. The van der Waals surface area contributed by atoms with E-state index in [1.165, 1.54) is 28.6 Å². The van der Waals surface area contributed by atoms with Crippen LogP contribution in [0, 0.1) is 0 Å². The first-order valence-electron chi connectivity index (χ1n) is 12.0. The van der Waals surface area contributed by atoms with Gasteiger partial charge in [-0.15, -0.1) is 0 Å². The highest BCUT2D eigenvalue weighted by molar-refractivity contribution is 9.15. The third-order valence-electron chi connectivity index (χ3n) is 7.17. The predicted octanol–water partition coefficient (Wildman–Crippen LogP) is 8.71. The third kappa shape index (κ3) is 4.67. The molecule has 0 aliphatic carbocycles. The second kappa shape index (κ2) is 11.1. The lowest BCUT2D eigenvalue weighted by molar-refractivity contribution is 0.556. The molecule has 3 aliphatic rings. The summed E-state index contributed by atoms with van der Waals surface area (Å²) in [6.45, 7) is 6.21. The molecular weight excluding hydrogens is 932 g/mol. The van der Waals surface area contributed by atoms with Gasteiger partial charge in [-0.3, -0.25) is 0 Å². The summed E-state index contributed by atoms with van der Waals surface area (Å²) in [4.78, 5) is 11.9. The van der Waals surface area contributed by atoms with Crippen LogP contribution in [-0.2, 0) is 25.9 Å². The molecule has 37 heavy (non-hydrogen) atoms. The van der Waals surface area contributed by atoms with Crippen molar-refractivity contribution >= 4 is 140 Å². The van der Waals surface area contributed by atoms with Gasteiger partial charge in [0.15, 0.2) is 4.73 Å². The van der Waals surface area contributed by atoms with E-state index >= 15 is 0 Å². The maximum atomic E-state index is 4.97. The second-order valence-electron chi connectivity index (χ2n) is 9.28. The lowest BCUT2D eigenvalue weighted by atomic mass is 10.0. The maximum Gasteiger partial charge on any atom is 0.206 e. The Bertz CT molecular complexity index is 1550. The van der Waals surface area contributed by atoms with Crippen LogP contribution in [0.15, 0.2) is 31.6 Å². The number of halogens is 7. The molecule has 1 saturated heterocycles. The average Bonchev–Trinajstić information content (AvgIpc) is 3.48. The number of piperazine rings is 1. The van der Waals surface area contributed by atoms with Gasteiger partial charge in [0.05, 0.1) is 20.0 Å². The highest BCUT2D eigenvalue weighted by atomic mass is 79.9. The van der Waals surface area contributed by atoms with Gasteiger partial charge in [0.1, 0.15) is 11.0 Å². The van der Waals surface area contributed by atoms with Gasteiger partial charge in [-0.2, -0.15) is 0 Å². The van der Waals surface area contributed by atoms with Crippen LogP contribution in [0.4, 0.5) is 5.95 Å². The number of nitrogens with zero attached hydrogens (tertiary/aromatic N) is 5. The van der Waals surface area contributed by atoms with Crippen LogP contribution in [0.25, 0.3) is 22.1 Å². The summed E-state index contributed by atoms with van der Waals surface area (Å²) >= 11 is 25.5. The molecule has 0 saturated carbocycles. The number of nitrogens with one attached hydrogen (secondary N) is 1. The van der Waals surface area contributed by atoms with E-state index in [-0.39, 0.29) is 0 Å². The van der Waals surface area contributed by atoms with Crippen LogP contribution in [0.1, 0.15) is 24.0 Å². The molecule has 196 valence electrons. The van der Waals surface area contributed by atoms with Crippen molar-refractivity contribution in [2.75, 3.05) is 31.1 Å². The first-order valence-corrected chi connectivity index (χ1v) is 17.6. The van der Waals surface area contributed by atoms with Crippen LogP contribution in [0.3, 0.4) is 0 Å². The van der Waals surface area contributed by atoms with Gasteiger partial charge in [-0.05, 0) is 148 Å². The van der Waals surface area contributed by atoms with Gasteiger partial charge < -0.3 is 19.4 Å². The molecule has 1 N–H and O–H groups in total. The number of aromatic nitrogens is 4. The molecule has 4 aromatic rings. The Kier molecular flexibility index (Phi) is 8.27. The van der Waals surface area contributed by atoms with Crippen molar-refractivity contribution in [2.24, 2.45) is 0 Å². The molecule has 0 bridgehead atoms. The fourth-order valence-corrected chi connectivity index (χ4v) is 9.50. The molecule has 0 spiro atoms. The zero-order chi connectivity index (χ0) is 26.0. The van der Waals surface area contributed by atoms with Gasteiger partial charge in [0, 0.05) is 57.2 Å². The van der Waals surface area contributed by atoms with Gasteiger partial charge >= 0.3 is 0 Å². The molecule has 3 aliphatic heterocycles. The first kappa shape index (κ1) is 27.7. The molecule has 13 heteroatoms. The molecule has 6 nitrogen and oxygen atoms in total. The van der Waals surface area contributed by atoms with Crippen LogP contribution in [0.5, 0.6) is 0 Å². The van der Waals surface area contributed by atoms with Gasteiger partial charge in [-0.1, -0.05) is 0 Å². The highest BCUT2D eigenvalue weighted by Crippen LogP contribution is 2.45. The van der Waals surface area contributed by atoms with Crippen LogP contribution in [-0.4, -0.2) is 45.3 Å². The van der Waals surface area contributed by atoms with E-state index in [1.807, 2.05) is 0 Å². The molecule has 0 radical (unpaired) electrons. The lowest BCUT2D eigenvalue weighted by Crippen LogP contribution is -2.44. The van der Waals surface area contributed by atoms with E-state index in [2.05, 4.69) is 136 Å². The SMILES string of the molecule is Brc1c(Br)c2c3c(nc(Br)n3CCC2)c1Br.Brc1c(Br)c2c3c(nc(N4CCNCC4)n3CCC2)c1Br. The Morgan fingerprint density at radius 2 is 1.08 bits per heavy atom. The fourth-order valence-electron chi connectivity index (χ4n) is 5.46. The summed E-state index contributed by atoms with van der Waals surface area (Å²) in [6, 6.07) is 0. The molecule has 0 unspecified atom stereocenters. The summed E-state index contributed by atoms with van der Waals surface area (Å²) < 4.78 is 12.0. The molecule has 0 atom stereocenters. The van der Waals surface area contributed by atoms with E-state index in [0.717, 1.165) is 107 Å². The summed E-state index contributed by atoms with van der Waals surface area (Å²) in [5.41, 5.74) is 7.34. The van der Waals surface area contributed by atoms with E-state index in [9.17, 15) is 0 Å². The minimum atomic E-state index is 0.911. The quantitative estimate of drug-likeness (QED) is 0.194. The monoisotopic (exact) mass is 946 g/mol. The van der Waals surface area contributed by atoms with Gasteiger partial charge in [-0.25, -0.2) is 9.97 Å². The molecule has 2 aromatic carbocycles. The first-order chi connectivity index (χ1) is 17.8. The zero-order valence-electron chi connectivity index (χ0n) is 19.5. The molecule has 5 heterocycles.